The molecule has 0 bridgehead atoms. The predicted molar refractivity (Wildman–Crippen MR) is 89.6 cm³/mol. The van der Waals surface area contributed by atoms with Crippen LogP contribution in [0.15, 0.2) is 24.3 Å². The van der Waals surface area contributed by atoms with Gasteiger partial charge in [0.15, 0.2) is 5.82 Å². The van der Waals surface area contributed by atoms with E-state index in [9.17, 15) is 8.78 Å². The minimum atomic E-state index is -2.65. The molecular formula is C17H21F2N5. The Morgan fingerprint density at radius 1 is 1.04 bits per heavy atom. The molecule has 128 valence electrons. The Hall–Kier alpha value is -1.86. The van der Waals surface area contributed by atoms with Crippen LogP contribution < -0.4 is 4.90 Å². The van der Waals surface area contributed by atoms with Crippen LogP contribution in [-0.2, 0) is 0 Å². The summed E-state index contributed by atoms with van der Waals surface area (Å²) in [6.07, 6.45) is -2.65. The number of nitrogens with zero attached hydrogens (tertiary/aromatic N) is 5. The van der Waals surface area contributed by atoms with Gasteiger partial charge in [0.05, 0.1) is 5.52 Å². The molecule has 0 spiro atoms. The third-order valence-corrected chi connectivity index (χ3v) is 5.01. The fourth-order valence-electron chi connectivity index (χ4n) is 3.46. The van der Waals surface area contributed by atoms with Crippen molar-refractivity contribution >= 4 is 16.7 Å². The maximum atomic E-state index is 13.1. The molecule has 5 nitrogen and oxygen atoms in total. The Labute approximate surface area is 139 Å². The number of benzene rings is 1. The summed E-state index contributed by atoms with van der Waals surface area (Å²) in [6.45, 7) is 6.00. The fraction of sp³-hybridized carbons (Fsp3) is 0.529. The largest absolute Gasteiger partial charge is 0.353 e. The van der Waals surface area contributed by atoms with Gasteiger partial charge in [0, 0.05) is 50.7 Å². The second-order valence-corrected chi connectivity index (χ2v) is 6.62. The topological polar surface area (TPSA) is 35.5 Å². The molecule has 2 aromatic rings. The number of rotatable bonds is 3. The first-order chi connectivity index (χ1) is 11.6. The summed E-state index contributed by atoms with van der Waals surface area (Å²) in [5.41, 5.74) is 0.584. The fourth-order valence-corrected chi connectivity index (χ4v) is 3.46. The van der Waals surface area contributed by atoms with E-state index in [0.29, 0.717) is 17.4 Å². The summed E-state index contributed by atoms with van der Waals surface area (Å²) < 4.78 is 26.2. The van der Waals surface area contributed by atoms with Gasteiger partial charge >= 0.3 is 0 Å². The van der Waals surface area contributed by atoms with Crippen molar-refractivity contribution in [2.24, 2.45) is 0 Å². The Morgan fingerprint density at radius 3 is 2.46 bits per heavy atom. The second kappa shape index (κ2) is 6.22. The lowest BCUT2D eigenvalue weighted by molar-refractivity contribution is 0.0960. The van der Waals surface area contributed by atoms with Crippen LogP contribution in [0.1, 0.15) is 12.2 Å². The molecule has 1 aromatic heterocycles. The average molecular weight is 333 g/mol. The van der Waals surface area contributed by atoms with Gasteiger partial charge in [-0.3, -0.25) is 4.90 Å². The highest BCUT2D eigenvalue weighted by molar-refractivity contribution is 5.89. The van der Waals surface area contributed by atoms with Crippen molar-refractivity contribution in [2.45, 2.75) is 12.5 Å². The molecule has 7 heteroatoms. The summed E-state index contributed by atoms with van der Waals surface area (Å²) in [5.74, 6) is 0.257. The highest BCUT2D eigenvalue weighted by atomic mass is 19.3. The van der Waals surface area contributed by atoms with Crippen LogP contribution in [0, 0.1) is 0 Å². The molecule has 2 fully saturated rings. The van der Waals surface area contributed by atoms with Crippen LogP contribution in [0.4, 0.5) is 14.6 Å². The van der Waals surface area contributed by atoms with Gasteiger partial charge in [0.2, 0.25) is 0 Å². The van der Waals surface area contributed by atoms with Crippen LogP contribution in [0.25, 0.3) is 10.9 Å². The third kappa shape index (κ3) is 2.82. The monoisotopic (exact) mass is 333 g/mol. The normalized spacial score (nSPS) is 20.8. The number of hydrogen-bond donors (Lipinski definition) is 0. The predicted octanol–water partition coefficient (Wildman–Crippen LogP) is 2.00. The molecule has 0 saturated carbocycles. The number of likely N-dealkylation sites (N-methyl/N-ethyl adjacent to an activating group) is 1. The summed E-state index contributed by atoms with van der Waals surface area (Å²) in [4.78, 5) is 15.1. The molecule has 0 radical (unpaired) electrons. The van der Waals surface area contributed by atoms with E-state index in [1.165, 1.54) is 0 Å². The third-order valence-electron chi connectivity index (χ3n) is 5.01. The second-order valence-electron chi connectivity index (χ2n) is 6.62. The van der Waals surface area contributed by atoms with Gasteiger partial charge in [0.1, 0.15) is 5.82 Å². The zero-order valence-corrected chi connectivity index (χ0v) is 13.7. The van der Waals surface area contributed by atoms with Crippen molar-refractivity contribution in [1.29, 1.82) is 0 Å². The number of hydrogen-bond acceptors (Lipinski definition) is 5. The standard InChI is InChI=1S/C17H21F2N5/c1-22-6-8-23(9-7-22)12-10-24(11-12)17-13-4-2-3-5-14(13)20-16(21-17)15(18)19/h2-5,12,15H,6-11H2,1H3. The molecular weight excluding hydrogens is 312 g/mol. The van der Waals surface area contributed by atoms with Crippen LogP contribution in [0.3, 0.4) is 0 Å². The minimum absolute atomic E-state index is 0.383. The van der Waals surface area contributed by atoms with E-state index in [1.54, 1.807) is 6.07 Å². The quantitative estimate of drug-likeness (QED) is 0.859. The van der Waals surface area contributed by atoms with E-state index < -0.39 is 6.43 Å². The molecule has 3 heterocycles. The van der Waals surface area contributed by atoms with Crippen molar-refractivity contribution in [3.63, 3.8) is 0 Å². The first-order valence-electron chi connectivity index (χ1n) is 8.34. The van der Waals surface area contributed by atoms with Crippen molar-refractivity contribution in [3.05, 3.63) is 30.1 Å². The van der Waals surface area contributed by atoms with Gasteiger partial charge < -0.3 is 9.80 Å². The molecule has 0 N–H and O–H groups in total. The number of fused-ring (bicyclic) bond motifs is 1. The van der Waals surface area contributed by atoms with Gasteiger partial charge in [0.25, 0.3) is 6.43 Å². The molecule has 24 heavy (non-hydrogen) atoms. The zero-order chi connectivity index (χ0) is 16.7. The van der Waals surface area contributed by atoms with Crippen molar-refractivity contribution < 1.29 is 8.78 Å². The van der Waals surface area contributed by atoms with E-state index in [-0.39, 0.29) is 5.82 Å². The van der Waals surface area contributed by atoms with Crippen LogP contribution in [-0.4, -0.2) is 72.1 Å². The van der Waals surface area contributed by atoms with Gasteiger partial charge in [-0.25, -0.2) is 18.7 Å². The van der Waals surface area contributed by atoms with Crippen LogP contribution in [0.2, 0.25) is 0 Å². The molecule has 2 aliphatic heterocycles. The SMILES string of the molecule is CN1CCN(C2CN(c3nc(C(F)F)nc4ccccc34)C2)CC1. The van der Waals surface area contributed by atoms with Gasteiger partial charge in [-0.2, -0.15) is 0 Å². The lowest BCUT2D eigenvalue weighted by atomic mass is 10.0. The smallest absolute Gasteiger partial charge is 0.297 e. The molecule has 0 unspecified atom stereocenters. The molecule has 1 aromatic carbocycles. The lowest BCUT2D eigenvalue weighted by Gasteiger charge is -2.48. The van der Waals surface area contributed by atoms with Crippen molar-refractivity contribution in [2.75, 3.05) is 51.2 Å². The number of para-hydroxylation sites is 1. The number of halogens is 2. The maximum absolute atomic E-state index is 13.1. The summed E-state index contributed by atoms with van der Waals surface area (Å²) in [7, 11) is 2.14. The Bertz CT molecular complexity index is 724. The van der Waals surface area contributed by atoms with Gasteiger partial charge in [-0.1, -0.05) is 12.1 Å². The summed E-state index contributed by atoms with van der Waals surface area (Å²) in [5, 5.41) is 0.846. The number of anilines is 1. The summed E-state index contributed by atoms with van der Waals surface area (Å²) in [6, 6.07) is 7.88. The van der Waals surface area contributed by atoms with Crippen LogP contribution in [0.5, 0.6) is 0 Å². The highest BCUT2D eigenvalue weighted by Crippen LogP contribution is 2.31. The molecule has 4 rings (SSSR count). The number of aromatic nitrogens is 2. The average Bonchev–Trinajstić information content (AvgIpc) is 2.55. The first-order valence-corrected chi connectivity index (χ1v) is 8.34. The molecule has 0 amide bonds. The number of piperazine rings is 1. The van der Waals surface area contributed by atoms with Gasteiger partial charge in [-0.05, 0) is 19.2 Å². The highest BCUT2D eigenvalue weighted by Gasteiger charge is 2.35. The van der Waals surface area contributed by atoms with E-state index in [2.05, 4.69) is 31.7 Å². The molecule has 0 atom stereocenters. The number of alkyl halides is 2. The molecule has 2 aliphatic rings. The maximum Gasteiger partial charge on any atom is 0.297 e. The molecule has 0 aliphatic carbocycles. The van der Waals surface area contributed by atoms with Gasteiger partial charge in [-0.15, -0.1) is 0 Å². The van der Waals surface area contributed by atoms with E-state index in [4.69, 9.17) is 0 Å². The first kappa shape index (κ1) is 15.7. The van der Waals surface area contributed by atoms with Crippen molar-refractivity contribution in [3.8, 4) is 0 Å². The Morgan fingerprint density at radius 2 is 1.75 bits per heavy atom. The van der Waals surface area contributed by atoms with E-state index in [1.807, 2.05) is 18.2 Å². The minimum Gasteiger partial charge on any atom is -0.353 e. The Kier molecular flexibility index (Phi) is 4.05. The lowest BCUT2D eigenvalue weighted by Crippen LogP contribution is -2.63. The van der Waals surface area contributed by atoms with E-state index >= 15 is 0 Å². The zero-order valence-electron chi connectivity index (χ0n) is 13.7. The van der Waals surface area contributed by atoms with E-state index in [0.717, 1.165) is 44.7 Å². The van der Waals surface area contributed by atoms with Crippen LogP contribution >= 0.6 is 0 Å². The summed E-state index contributed by atoms with van der Waals surface area (Å²) >= 11 is 0. The molecule has 2 saturated heterocycles. The van der Waals surface area contributed by atoms with Crippen molar-refractivity contribution in [1.82, 2.24) is 19.8 Å². The Balaban J connectivity index is 1.55.